The topological polar surface area (TPSA) is 32.3 Å². The van der Waals surface area contributed by atoms with Crippen molar-refractivity contribution in [2.45, 2.75) is 47.6 Å². The van der Waals surface area contributed by atoms with Crippen LogP contribution in [0.2, 0.25) is 0 Å². The monoisotopic (exact) mass is 347 g/mol. The zero-order valence-electron chi connectivity index (χ0n) is 16.9. The van der Waals surface area contributed by atoms with Gasteiger partial charge in [0.15, 0.2) is 0 Å². The Morgan fingerprint density at radius 3 is 2.00 bits per heavy atom. The molecule has 0 aromatic heterocycles. The highest BCUT2D eigenvalue weighted by Crippen LogP contribution is 2.51. The van der Waals surface area contributed by atoms with Gasteiger partial charge in [-0.25, -0.2) is 0 Å². The summed E-state index contributed by atoms with van der Waals surface area (Å²) in [7, 11) is 1.98. The van der Waals surface area contributed by atoms with Crippen LogP contribution in [0.5, 0.6) is 5.75 Å². The van der Waals surface area contributed by atoms with E-state index in [1.807, 2.05) is 27.0 Å². The highest BCUT2D eigenvalue weighted by atomic mass is 16.3. The third-order valence-corrected chi connectivity index (χ3v) is 5.92. The van der Waals surface area contributed by atoms with E-state index >= 15 is 0 Å². The van der Waals surface area contributed by atoms with Gasteiger partial charge >= 0.3 is 0 Å². The van der Waals surface area contributed by atoms with Crippen LogP contribution in [0.15, 0.2) is 30.3 Å². The van der Waals surface area contributed by atoms with Crippen molar-refractivity contribution in [2.24, 2.45) is 0 Å². The Labute approximate surface area is 156 Å². The van der Waals surface area contributed by atoms with Crippen molar-refractivity contribution in [3.05, 3.63) is 63.7 Å². The molecule has 0 spiro atoms. The van der Waals surface area contributed by atoms with Gasteiger partial charge in [0.05, 0.1) is 6.04 Å². The van der Waals surface area contributed by atoms with Gasteiger partial charge < -0.3 is 10.4 Å². The predicted molar refractivity (Wildman–Crippen MR) is 112 cm³/mol. The maximum Gasteiger partial charge on any atom is 0.124 e. The van der Waals surface area contributed by atoms with Crippen molar-refractivity contribution in [1.82, 2.24) is 5.32 Å². The Bertz CT molecular complexity index is 1000. The van der Waals surface area contributed by atoms with Crippen LogP contribution in [-0.4, -0.2) is 12.2 Å². The third kappa shape index (κ3) is 2.36. The van der Waals surface area contributed by atoms with E-state index in [-0.39, 0.29) is 6.04 Å². The van der Waals surface area contributed by atoms with Crippen molar-refractivity contribution < 1.29 is 5.11 Å². The first-order valence-corrected chi connectivity index (χ1v) is 9.49. The summed E-state index contributed by atoms with van der Waals surface area (Å²) in [6.07, 6.45) is 0. The molecule has 1 unspecified atom stereocenters. The van der Waals surface area contributed by atoms with Crippen molar-refractivity contribution in [1.29, 1.82) is 0 Å². The SMILES string of the molecule is CC.CNC1c2ccccc2-c2c1cc(O)c1c(C)c(C)c(C)c(C)c21. The first-order valence-electron chi connectivity index (χ1n) is 9.49. The number of rotatable bonds is 1. The second-order valence-electron chi connectivity index (χ2n) is 6.92. The van der Waals surface area contributed by atoms with Gasteiger partial charge in [-0.15, -0.1) is 0 Å². The van der Waals surface area contributed by atoms with E-state index in [1.165, 1.54) is 49.9 Å². The van der Waals surface area contributed by atoms with Crippen LogP contribution < -0.4 is 5.32 Å². The molecule has 0 aliphatic heterocycles. The molecule has 2 nitrogen and oxygen atoms in total. The van der Waals surface area contributed by atoms with E-state index in [4.69, 9.17) is 0 Å². The van der Waals surface area contributed by atoms with Crippen LogP contribution >= 0.6 is 0 Å². The maximum absolute atomic E-state index is 10.8. The normalized spacial score (nSPS) is 14.7. The summed E-state index contributed by atoms with van der Waals surface area (Å²) in [5, 5.41) is 16.4. The fourth-order valence-electron chi connectivity index (χ4n) is 4.35. The summed E-state index contributed by atoms with van der Waals surface area (Å²) in [6, 6.07) is 10.7. The quantitative estimate of drug-likeness (QED) is 0.558. The van der Waals surface area contributed by atoms with E-state index in [9.17, 15) is 5.11 Å². The molecule has 0 saturated carbocycles. The lowest BCUT2D eigenvalue weighted by molar-refractivity contribution is 0.480. The van der Waals surface area contributed by atoms with Gasteiger partial charge in [0.25, 0.3) is 0 Å². The lowest BCUT2D eigenvalue weighted by Crippen LogP contribution is -2.14. The fourth-order valence-corrected chi connectivity index (χ4v) is 4.35. The highest BCUT2D eigenvalue weighted by molar-refractivity contribution is 6.08. The van der Waals surface area contributed by atoms with Crippen molar-refractivity contribution in [3.63, 3.8) is 0 Å². The van der Waals surface area contributed by atoms with Gasteiger partial charge in [-0.1, -0.05) is 38.1 Å². The second-order valence-corrected chi connectivity index (χ2v) is 6.92. The summed E-state index contributed by atoms with van der Waals surface area (Å²) in [5.74, 6) is 0.389. The van der Waals surface area contributed by atoms with E-state index < -0.39 is 0 Å². The van der Waals surface area contributed by atoms with E-state index in [2.05, 4.69) is 57.3 Å². The Morgan fingerprint density at radius 1 is 0.808 bits per heavy atom. The van der Waals surface area contributed by atoms with Gasteiger partial charge in [0.2, 0.25) is 0 Å². The molecule has 26 heavy (non-hydrogen) atoms. The lowest BCUT2D eigenvalue weighted by Gasteiger charge is -2.19. The minimum absolute atomic E-state index is 0.132. The molecule has 3 aromatic carbocycles. The minimum Gasteiger partial charge on any atom is -0.507 e. The Balaban J connectivity index is 0.000000948. The molecule has 0 amide bonds. The van der Waals surface area contributed by atoms with Crippen LogP contribution in [0, 0.1) is 27.7 Å². The number of nitrogens with one attached hydrogen (secondary N) is 1. The molecule has 3 aromatic rings. The van der Waals surface area contributed by atoms with E-state index in [1.54, 1.807) is 0 Å². The van der Waals surface area contributed by atoms with Crippen molar-refractivity contribution in [2.75, 3.05) is 7.05 Å². The number of aromatic hydroxyl groups is 1. The van der Waals surface area contributed by atoms with E-state index in [0.717, 1.165) is 5.39 Å². The summed E-state index contributed by atoms with van der Waals surface area (Å²) in [4.78, 5) is 0. The molecule has 0 fully saturated rings. The van der Waals surface area contributed by atoms with Crippen molar-refractivity contribution >= 4 is 10.8 Å². The van der Waals surface area contributed by atoms with Gasteiger partial charge in [-0.05, 0) is 90.7 Å². The molecule has 0 radical (unpaired) electrons. The molecule has 1 atom stereocenters. The lowest BCUT2D eigenvalue weighted by atomic mass is 9.86. The Morgan fingerprint density at radius 2 is 1.38 bits per heavy atom. The molecule has 0 bridgehead atoms. The van der Waals surface area contributed by atoms with Crippen LogP contribution in [-0.2, 0) is 0 Å². The molecule has 0 saturated heterocycles. The molecule has 136 valence electrons. The minimum atomic E-state index is 0.132. The number of hydrogen-bond donors (Lipinski definition) is 2. The largest absolute Gasteiger partial charge is 0.507 e. The van der Waals surface area contributed by atoms with Crippen molar-refractivity contribution in [3.8, 4) is 16.9 Å². The van der Waals surface area contributed by atoms with Crippen LogP contribution in [0.3, 0.4) is 0 Å². The Hall–Kier alpha value is -2.32. The summed E-state index contributed by atoms with van der Waals surface area (Å²) in [6.45, 7) is 12.6. The molecule has 0 heterocycles. The summed E-state index contributed by atoms with van der Waals surface area (Å²) in [5.41, 5.74) is 10.1. The van der Waals surface area contributed by atoms with Gasteiger partial charge in [0.1, 0.15) is 5.75 Å². The summed E-state index contributed by atoms with van der Waals surface area (Å²) < 4.78 is 0. The second kappa shape index (κ2) is 6.77. The van der Waals surface area contributed by atoms with Gasteiger partial charge in [0, 0.05) is 5.39 Å². The molecular weight excluding hydrogens is 318 g/mol. The first kappa shape index (κ1) is 18.5. The Kier molecular flexibility index (Phi) is 4.81. The number of phenolic OH excluding ortho intramolecular Hbond substituents is 1. The number of benzene rings is 3. The predicted octanol–water partition coefficient (Wildman–Crippen LogP) is 6.09. The van der Waals surface area contributed by atoms with Crippen LogP contribution in [0.25, 0.3) is 21.9 Å². The first-order chi connectivity index (χ1) is 12.5. The number of fused-ring (bicyclic) bond motifs is 5. The highest BCUT2D eigenvalue weighted by Gasteiger charge is 2.31. The van der Waals surface area contributed by atoms with Gasteiger partial charge in [-0.3, -0.25) is 0 Å². The average molecular weight is 348 g/mol. The molecule has 2 heteroatoms. The summed E-state index contributed by atoms with van der Waals surface area (Å²) >= 11 is 0. The van der Waals surface area contributed by atoms with E-state index in [0.29, 0.717) is 5.75 Å². The number of aryl methyl sites for hydroxylation is 2. The third-order valence-electron chi connectivity index (χ3n) is 5.92. The van der Waals surface area contributed by atoms with Crippen LogP contribution in [0.4, 0.5) is 0 Å². The standard InChI is InChI=1S/C22H23NO.C2H6/c1-11-12(2)14(4)20-19(13(11)3)18(24)10-17-21(20)15-8-6-7-9-16(15)22(17)23-5;1-2/h6-10,22-24H,1-5H3;1-2H3. The maximum atomic E-state index is 10.8. The molecule has 1 aliphatic carbocycles. The number of phenols is 1. The molecular formula is C24H29NO. The fraction of sp³-hybridized carbons (Fsp3) is 0.333. The molecule has 2 N–H and O–H groups in total. The number of hydrogen-bond acceptors (Lipinski definition) is 2. The molecule has 4 rings (SSSR count). The zero-order chi connectivity index (χ0) is 19.2. The zero-order valence-corrected chi connectivity index (χ0v) is 16.9. The smallest absolute Gasteiger partial charge is 0.124 e. The molecule has 1 aliphatic rings. The van der Waals surface area contributed by atoms with Crippen LogP contribution in [0.1, 0.15) is 53.3 Å². The average Bonchev–Trinajstić information content (AvgIpc) is 2.98. The van der Waals surface area contributed by atoms with Gasteiger partial charge in [-0.2, -0.15) is 0 Å².